The summed E-state index contributed by atoms with van der Waals surface area (Å²) in [6.07, 6.45) is 1.57. The summed E-state index contributed by atoms with van der Waals surface area (Å²) in [5.41, 5.74) is 2.91. The molecule has 0 saturated carbocycles. The predicted octanol–water partition coefficient (Wildman–Crippen LogP) is 3.69. The van der Waals surface area contributed by atoms with E-state index in [-0.39, 0.29) is 0 Å². The first-order chi connectivity index (χ1) is 10.2. The average molecular weight is 365 g/mol. The molecule has 5 nitrogen and oxygen atoms in total. The number of benzene rings is 2. The zero-order valence-corrected chi connectivity index (χ0v) is 13.2. The zero-order valence-electron chi connectivity index (χ0n) is 10.9. The third-order valence-corrected chi connectivity index (χ3v) is 3.99. The van der Waals surface area contributed by atoms with Crippen LogP contribution in [0.2, 0.25) is 5.02 Å². The summed E-state index contributed by atoms with van der Waals surface area (Å²) < 4.78 is 2.63. The molecule has 0 amide bonds. The number of para-hydroxylation sites is 2. The van der Waals surface area contributed by atoms with E-state index in [1.165, 1.54) is 0 Å². The monoisotopic (exact) mass is 363 g/mol. The molecular weight excluding hydrogens is 354 g/mol. The molecule has 0 fully saturated rings. The number of hydrogen-bond donors (Lipinski definition) is 1. The normalized spacial score (nSPS) is 10.6. The Morgan fingerprint density at radius 2 is 2.05 bits per heavy atom. The lowest BCUT2D eigenvalue weighted by molar-refractivity contribution is 0.789. The smallest absolute Gasteiger partial charge is 0.143 e. The Kier molecular flexibility index (Phi) is 4.17. The second-order valence-electron chi connectivity index (χ2n) is 4.36. The summed E-state index contributed by atoms with van der Waals surface area (Å²) in [4.78, 5) is 0. The molecular formula is C14H11BrClN5. The average Bonchev–Trinajstić information content (AvgIpc) is 3.03. The van der Waals surface area contributed by atoms with Crippen molar-refractivity contribution in [3.05, 3.63) is 63.9 Å². The van der Waals surface area contributed by atoms with Gasteiger partial charge < -0.3 is 5.32 Å². The molecule has 0 spiro atoms. The second kappa shape index (κ2) is 6.24. The molecule has 0 atom stereocenters. The molecule has 2 aromatic carbocycles. The molecule has 0 aliphatic heterocycles. The standard InChI is InChI=1S/C14H11BrClN5/c15-12-6-5-11(16)7-10(12)8-17-13-3-1-2-4-14(13)21-9-18-19-20-21/h1-7,9,17H,8H2. The molecule has 7 heteroatoms. The zero-order chi connectivity index (χ0) is 14.7. The minimum atomic E-state index is 0.639. The van der Waals surface area contributed by atoms with Gasteiger partial charge in [-0.2, -0.15) is 4.68 Å². The van der Waals surface area contributed by atoms with Gasteiger partial charge in [0.1, 0.15) is 6.33 Å². The summed E-state index contributed by atoms with van der Waals surface area (Å²) >= 11 is 9.56. The molecule has 0 bridgehead atoms. The van der Waals surface area contributed by atoms with Gasteiger partial charge in [-0.05, 0) is 46.3 Å². The molecule has 3 rings (SSSR count). The van der Waals surface area contributed by atoms with E-state index in [0.29, 0.717) is 11.6 Å². The number of aromatic nitrogens is 4. The Morgan fingerprint density at radius 1 is 1.19 bits per heavy atom. The number of anilines is 1. The van der Waals surface area contributed by atoms with E-state index >= 15 is 0 Å². The molecule has 106 valence electrons. The summed E-state index contributed by atoms with van der Waals surface area (Å²) in [5.74, 6) is 0. The molecule has 21 heavy (non-hydrogen) atoms. The van der Waals surface area contributed by atoms with Crippen LogP contribution in [0.3, 0.4) is 0 Å². The maximum atomic E-state index is 6.03. The molecule has 0 radical (unpaired) electrons. The van der Waals surface area contributed by atoms with Gasteiger partial charge in [-0.3, -0.25) is 0 Å². The number of tetrazole rings is 1. The summed E-state index contributed by atoms with van der Waals surface area (Å²) in [5, 5.41) is 15.3. The van der Waals surface area contributed by atoms with E-state index in [1.807, 2.05) is 42.5 Å². The first-order valence-electron chi connectivity index (χ1n) is 6.24. The molecule has 1 N–H and O–H groups in total. The van der Waals surface area contributed by atoms with Gasteiger partial charge in [0.05, 0.1) is 11.4 Å². The molecule has 3 aromatic rings. The van der Waals surface area contributed by atoms with E-state index in [0.717, 1.165) is 21.4 Å². The van der Waals surface area contributed by atoms with Gasteiger partial charge in [-0.15, -0.1) is 5.10 Å². The number of hydrogen-bond acceptors (Lipinski definition) is 4. The van der Waals surface area contributed by atoms with Gasteiger partial charge in [0, 0.05) is 16.0 Å². The van der Waals surface area contributed by atoms with Crippen LogP contribution >= 0.6 is 27.5 Å². The lowest BCUT2D eigenvalue weighted by Gasteiger charge is -2.12. The summed E-state index contributed by atoms with van der Waals surface area (Å²) in [6, 6.07) is 13.6. The van der Waals surface area contributed by atoms with Gasteiger partial charge >= 0.3 is 0 Å². The van der Waals surface area contributed by atoms with E-state index in [4.69, 9.17) is 11.6 Å². The van der Waals surface area contributed by atoms with Gasteiger partial charge in [-0.1, -0.05) is 39.7 Å². The van der Waals surface area contributed by atoms with Crippen LogP contribution in [0.4, 0.5) is 5.69 Å². The molecule has 0 aliphatic rings. The van der Waals surface area contributed by atoms with Crippen molar-refractivity contribution in [2.45, 2.75) is 6.54 Å². The lowest BCUT2D eigenvalue weighted by Crippen LogP contribution is -2.05. The van der Waals surface area contributed by atoms with Crippen molar-refractivity contribution in [3.63, 3.8) is 0 Å². The maximum absolute atomic E-state index is 6.03. The van der Waals surface area contributed by atoms with Crippen molar-refractivity contribution < 1.29 is 0 Å². The van der Waals surface area contributed by atoms with Crippen LogP contribution in [0.5, 0.6) is 0 Å². The predicted molar refractivity (Wildman–Crippen MR) is 85.6 cm³/mol. The third-order valence-electron chi connectivity index (χ3n) is 2.98. The fraction of sp³-hybridized carbons (Fsp3) is 0.0714. The summed E-state index contributed by atoms with van der Waals surface area (Å²) in [7, 11) is 0. The third kappa shape index (κ3) is 3.22. The first kappa shape index (κ1) is 14.0. The molecule has 0 aliphatic carbocycles. The molecule has 0 saturated heterocycles. The number of rotatable bonds is 4. The highest BCUT2D eigenvalue weighted by atomic mass is 79.9. The quantitative estimate of drug-likeness (QED) is 0.767. The van der Waals surface area contributed by atoms with Gasteiger partial charge in [0.2, 0.25) is 0 Å². The molecule has 0 unspecified atom stereocenters. The van der Waals surface area contributed by atoms with Crippen LogP contribution in [0.25, 0.3) is 5.69 Å². The maximum Gasteiger partial charge on any atom is 0.143 e. The Labute approximate surface area is 135 Å². The van der Waals surface area contributed by atoms with Crippen molar-refractivity contribution in [1.29, 1.82) is 0 Å². The molecule has 1 aromatic heterocycles. The van der Waals surface area contributed by atoms with E-state index in [9.17, 15) is 0 Å². The minimum absolute atomic E-state index is 0.639. The Balaban J connectivity index is 1.84. The van der Waals surface area contributed by atoms with Gasteiger partial charge in [0.25, 0.3) is 0 Å². The summed E-state index contributed by atoms with van der Waals surface area (Å²) in [6.45, 7) is 0.639. The fourth-order valence-corrected chi connectivity index (χ4v) is 2.55. The van der Waals surface area contributed by atoms with Crippen molar-refractivity contribution in [1.82, 2.24) is 20.2 Å². The van der Waals surface area contributed by atoms with Crippen LogP contribution in [0.1, 0.15) is 5.56 Å². The number of nitrogens with zero attached hydrogens (tertiary/aromatic N) is 4. The van der Waals surface area contributed by atoms with Crippen LogP contribution in [0.15, 0.2) is 53.3 Å². The Morgan fingerprint density at radius 3 is 2.86 bits per heavy atom. The van der Waals surface area contributed by atoms with Crippen molar-refractivity contribution in [2.24, 2.45) is 0 Å². The largest absolute Gasteiger partial charge is 0.379 e. The molecule has 1 heterocycles. The number of halogens is 2. The SMILES string of the molecule is Clc1ccc(Br)c(CNc2ccccc2-n2cnnn2)c1. The number of nitrogens with one attached hydrogen (secondary N) is 1. The van der Waals surface area contributed by atoms with E-state index in [1.54, 1.807) is 11.0 Å². The van der Waals surface area contributed by atoms with E-state index < -0.39 is 0 Å². The topological polar surface area (TPSA) is 55.6 Å². The van der Waals surface area contributed by atoms with Crippen LogP contribution in [0, 0.1) is 0 Å². The van der Waals surface area contributed by atoms with Crippen molar-refractivity contribution >= 4 is 33.2 Å². The lowest BCUT2D eigenvalue weighted by atomic mass is 10.2. The minimum Gasteiger partial charge on any atom is -0.379 e. The highest BCUT2D eigenvalue weighted by Gasteiger charge is 2.06. The van der Waals surface area contributed by atoms with Crippen LogP contribution in [-0.4, -0.2) is 20.2 Å². The van der Waals surface area contributed by atoms with Gasteiger partial charge in [0.15, 0.2) is 0 Å². The second-order valence-corrected chi connectivity index (χ2v) is 5.65. The van der Waals surface area contributed by atoms with Crippen LogP contribution in [-0.2, 0) is 6.54 Å². The van der Waals surface area contributed by atoms with Gasteiger partial charge in [-0.25, -0.2) is 0 Å². The van der Waals surface area contributed by atoms with Crippen molar-refractivity contribution in [2.75, 3.05) is 5.32 Å². The highest BCUT2D eigenvalue weighted by Crippen LogP contribution is 2.24. The fourth-order valence-electron chi connectivity index (χ4n) is 1.96. The van der Waals surface area contributed by atoms with Crippen LogP contribution < -0.4 is 5.32 Å². The van der Waals surface area contributed by atoms with Crippen molar-refractivity contribution in [3.8, 4) is 5.69 Å². The Hall–Kier alpha value is -1.92. The van der Waals surface area contributed by atoms with E-state index in [2.05, 4.69) is 36.8 Å². The highest BCUT2D eigenvalue weighted by molar-refractivity contribution is 9.10. The first-order valence-corrected chi connectivity index (χ1v) is 7.41. The Bertz CT molecular complexity index is 745.